The molecule has 1 amide bonds. The van der Waals surface area contributed by atoms with Crippen molar-refractivity contribution in [2.75, 3.05) is 30.4 Å². The summed E-state index contributed by atoms with van der Waals surface area (Å²) < 4.78 is 13.4. The van der Waals surface area contributed by atoms with Gasteiger partial charge in [-0.15, -0.1) is 0 Å². The number of hydrogen-bond donors (Lipinski definition) is 2. The predicted octanol–water partition coefficient (Wildman–Crippen LogP) is 3.48. The van der Waals surface area contributed by atoms with E-state index >= 15 is 0 Å². The van der Waals surface area contributed by atoms with Crippen LogP contribution in [-0.2, 0) is 0 Å². The third-order valence-electron chi connectivity index (χ3n) is 4.97. The van der Waals surface area contributed by atoms with Gasteiger partial charge in [0, 0.05) is 49.7 Å². The molecule has 1 unspecified atom stereocenters. The fraction of sp³-hybridized carbons (Fsp3) is 0.350. The van der Waals surface area contributed by atoms with Gasteiger partial charge in [0.1, 0.15) is 5.82 Å². The van der Waals surface area contributed by atoms with E-state index in [0.717, 1.165) is 30.6 Å². The van der Waals surface area contributed by atoms with Gasteiger partial charge in [-0.1, -0.05) is 0 Å². The summed E-state index contributed by atoms with van der Waals surface area (Å²) in [5, 5.41) is 16.9. The summed E-state index contributed by atoms with van der Waals surface area (Å²) in [5.74, 6) is -0.637. The molecular weight excluding hydrogens is 363 g/mol. The van der Waals surface area contributed by atoms with Gasteiger partial charge < -0.3 is 15.5 Å². The first-order chi connectivity index (χ1) is 13.4. The lowest BCUT2D eigenvalue weighted by Crippen LogP contribution is -2.42. The Kier molecular flexibility index (Phi) is 5.77. The van der Waals surface area contributed by atoms with Crippen molar-refractivity contribution >= 4 is 23.0 Å². The molecule has 1 fully saturated rings. The van der Waals surface area contributed by atoms with Crippen molar-refractivity contribution in [3.05, 3.63) is 63.5 Å². The van der Waals surface area contributed by atoms with Crippen LogP contribution in [0.3, 0.4) is 0 Å². The molecule has 7 nitrogen and oxygen atoms in total. The number of nitrogens with zero attached hydrogens (tertiary/aromatic N) is 2. The molecule has 0 spiro atoms. The zero-order valence-corrected chi connectivity index (χ0v) is 15.9. The molecule has 0 radical (unpaired) electrons. The highest BCUT2D eigenvalue weighted by molar-refractivity contribution is 6.00. The number of non-ortho nitro benzene ring substituents is 1. The zero-order valence-electron chi connectivity index (χ0n) is 15.9. The number of hydrogen-bond acceptors (Lipinski definition) is 5. The number of carbonyl (C=O) groups excluding carboxylic acids is 1. The SMILES string of the molecule is CNC(=O)c1cc([N+](=O)[O-])ccc1NC1CCCN(c2ccc(F)cc2C)C1. The number of piperidine rings is 1. The van der Waals surface area contributed by atoms with E-state index in [0.29, 0.717) is 12.2 Å². The van der Waals surface area contributed by atoms with E-state index in [-0.39, 0.29) is 29.0 Å². The van der Waals surface area contributed by atoms with Gasteiger partial charge in [0.2, 0.25) is 0 Å². The average molecular weight is 386 g/mol. The Morgan fingerprint density at radius 2 is 2.07 bits per heavy atom. The van der Waals surface area contributed by atoms with Gasteiger partial charge in [-0.2, -0.15) is 0 Å². The van der Waals surface area contributed by atoms with E-state index in [9.17, 15) is 19.3 Å². The Balaban J connectivity index is 1.81. The van der Waals surface area contributed by atoms with Crippen LogP contribution in [-0.4, -0.2) is 37.0 Å². The Morgan fingerprint density at radius 1 is 1.29 bits per heavy atom. The van der Waals surface area contributed by atoms with E-state index in [1.165, 1.54) is 31.3 Å². The standard InChI is InChI=1S/C20H23FN4O3/c1-13-10-14(21)5-8-19(13)24-9-3-4-15(12-24)23-18-7-6-16(25(27)28)11-17(18)20(26)22-2/h5-8,10-11,15,23H,3-4,9,12H2,1-2H3,(H,22,26). The quantitative estimate of drug-likeness (QED) is 0.607. The second-order valence-electron chi connectivity index (χ2n) is 6.93. The summed E-state index contributed by atoms with van der Waals surface area (Å²) in [4.78, 5) is 24.9. The van der Waals surface area contributed by atoms with E-state index in [4.69, 9.17) is 0 Å². The summed E-state index contributed by atoms with van der Waals surface area (Å²) in [6, 6.07) is 9.07. The molecule has 0 aromatic heterocycles. The Bertz CT molecular complexity index is 903. The number of carbonyl (C=O) groups is 1. The van der Waals surface area contributed by atoms with E-state index < -0.39 is 4.92 Å². The molecule has 2 aromatic rings. The minimum Gasteiger partial charge on any atom is -0.380 e. The molecule has 148 valence electrons. The lowest BCUT2D eigenvalue weighted by molar-refractivity contribution is -0.384. The Morgan fingerprint density at radius 3 is 2.75 bits per heavy atom. The topological polar surface area (TPSA) is 87.5 Å². The normalized spacial score (nSPS) is 16.5. The van der Waals surface area contributed by atoms with Crippen molar-refractivity contribution in [3.8, 4) is 0 Å². The number of aryl methyl sites for hydroxylation is 1. The lowest BCUT2D eigenvalue weighted by Gasteiger charge is -2.36. The van der Waals surface area contributed by atoms with Gasteiger partial charge in [-0.05, 0) is 49.6 Å². The molecule has 2 N–H and O–H groups in total. The number of nitro benzene ring substituents is 1. The highest BCUT2D eigenvalue weighted by Gasteiger charge is 2.23. The van der Waals surface area contributed by atoms with Crippen LogP contribution in [0.1, 0.15) is 28.8 Å². The third-order valence-corrected chi connectivity index (χ3v) is 4.97. The molecule has 3 rings (SSSR count). The second-order valence-corrected chi connectivity index (χ2v) is 6.93. The fourth-order valence-corrected chi connectivity index (χ4v) is 3.60. The molecule has 1 atom stereocenters. The first kappa shape index (κ1) is 19.6. The molecule has 1 aliphatic heterocycles. The molecule has 2 aromatic carbocycles. The zero-order chi connectivity index (χ0) is 20.3. The molecular formula is C20H23FN4O3. The number of benzene rings is 2. The van der Waals surface area contributed by atoms with Crippen LogP contribution in [0.2, 0.25) is 0 Å². The van der Waals surface area contributed by atoms with Crippen LogP contribution in [0.25, 0.3) is 0 Å². The lowest BCUT2D eigenvalue weighted by atomic mass is 10.0. The van der Waals surface area contributed by atoms with Crippen LogP contribution < -0.4 is 15.5 Å². The Hall–Kier alpha value is -3.16. The number of rotatable bonds is 5. The molecule has 1 heterocycles. The van der Waals surface area contributed by atoms with Gasteiger partial charge >= 0.3 is 0 Å². The van der Waals surface area contributed by atoms with E-state index in [1.54, 1.807) is 12.1 Å². The summed E-state index contributed by atoms with van der Waals surface area (Å²) in [6.45, 7) is 3.44. The van der Waals surface area contributed by atoms with Crippen LogP contribution in [0, 0.1) is 22.9 Å². The van der Waals surface area contributed by atoms with Crippen molar-refractivity contribution in [1.82, 2.24) is 5.32 Å². The fourth-order valence-electron chi connectivity index (χ4n) is 3.60. The number of nitro groups is 1. The molecule has 1 saturated heterocycles. The largest absolute Gasteiger partial charge is 0.380 e. The molecule has 28 heavy (non-hydrogen) atoms. The molecule has 1 aliphatic rings. The molecule has 0 bridgehead atoms. The number of anilines is 2. The van der Waals surface area contributed by atoms with Crippen molar-refractivity contribution in [3.63, 3.8) is 0 Å². The van der Waals surface area contributed by atoms with Gasteiger partial charge in [-0.25, -0.2) is 4.39 Å². The average Bonchev–Trinajstić information content (AvgIpc) is 2.67. The van der Waals surface area contributed by atoms with E-state index in [1.807, 2.05) is 6.92 Å². The first-order valence-corrected chi connectivity index (χ1v) is 9.17. The predicted molar refractivity (Wildman–Crippen MR) is 106 cm³/mol. The maximum Gasteiger partial charge on any atom is 0.270 e. The summed E-state index contributed by atoms with van der Waals surface area (Å²) in [5.41, 5.74) is 2.54. The molecule has 8 heteroatoms. The maximum absolute atomic E-state index is 13.4. The third kappa shape index (κ3) is 4.21. The first-order valence-electron chi connectivity index (χ1n) is 9.17. The minimum atomic E-state index is -0.518. The van der Waals surface area contributed by atoms with Crippen molar-refractivity contribution in [1.29, 1.82) is 0 Å². The minimum absolute atomic E-state index is 0.0584. The summed E-state index contributed by atoms with van der Waals surface area (Å²) in [6.07, 6.45) is 1.84. The smallest absolute Gasteiger partial charge is 0.270 e. The monoisotopic (exact) mass is 386 g/mol. The van der Waals surface area contributed by atoms with Crippen LogP contribution in [0.5, 0.6) is 0 Å². The summed E-state index contributed by atoms with van der Waals surface area (Å²) >= 11 is 0. The highest BCUT2D eigenvalue weighted by atomic mass is 19.1. The molecule has 0 aliphatic carbocycles. The van der Waals surface area contributed by atoms with Crippen molar-refractivity contribution < 1.29 is 14.1 Å². The van der Waals surface area contributed by atoms with Gasteiger partial charge in [0.15, 0.2) is 0 Å². The summed E-state index contributed by atoms with van der Waals surface area (Å²) in [7, 11) is 1.49. The van der Waals surface area contributed by atoms with Crippen molar-refractivity contribution in [2.45, 2.75) is 25.8 Å². The second kappa shape index (κ2) is 8.24. The number of halogens is 1. The Labute approximate surface area is 162 Å². The van der Waals surface area contributed by atoms with Crippen LogP contribution in [0.4, 0.5) is 21.5 Å². The van der Waals surface area contributed by atoms with Crippen LogP contribution >= 0.6 is 0 Å². The van der Waals surface area contributed by atoms with Gasteiger partial charge in [-0.3, -0.25) is 14.9 Å². The molecule has 0 saturated carbocycles. The maximum atomic E-state index is 13.4. The van der Waals surface area contributed by atoms with Crippen LogP contribution in [0.15, 0.2) is 36.4 Å². The van der Waals surface area contributed by atoms with E-state index in [2.05, 4.69) is 15.5 Å². The number of amides is 1. The van der Waals surface area contributed by atoms with Gasteiger partial charge in [0.05, 0.1) is 10.5 Å². The highest BCUT2D eigenvalue weighted by Crippen LogP contribution is 2.28. The van der Waals surface area contributed by atoms with Gasteiger partial charge in [0.25, 0.3) is 11.6 Å². The number of nitrogens with one attached hydrogen (secondary N) is 2. The van der Waals surface area contributed by atoms with Crippen molar-refractivity contribution in [2.24, 2.45) is 0 Å².